The first kappa shape index (κ1) is 15.9. The summed E-state index contributed by atoms with van der Waals surface area (Å²) < 4.78 is 46.2. The monoisotopic (exact) mass is 325 g/mol. The van der Waals surface area contributed by atoms with Gasteiger partial charge in [0.25, 0.3) is 0 Å². The van der Waals surface area contributed by atoms with E-state index < -0.39 is 11.7 Å². The van der Waals surface area contributed by atoms with Gasteiger partial charge in [0.2, 0.25) is 0 Å². The van der Waals surface area contributed by atoms with E-state index in [-0.39, 0.29) is 12.2 Å². The number of hydrogen-bond donors (Lipinski definition) is 1. The smallest absolute Gasteiger partial charge is 0.416 e. The molecule has 1 fully saturated rings. The van der Waals surface area contributed by atoms with E-state index in [1.165, 1.54) is 12.1 Å². The first-order valence-corrected chi connectivity index (χ1v) is 7.57. The van der Waals surface area contributed by atoms with Crippen molar-refractivity contribution in [3.8, 4) is 5.75 Å². The Labute approximate surface area is 132 Å². The van der Waals surface area contributed by atoms with Crippen molar-refractivity contribution >= 4 is 0 Å². The molecule has 0 amide bonds. The van der Waals surface area contributed by atoms with Crippen LogP contribution in [0.1, 0.15) is 30.0 Å². The normalized spacial score (nSPS) is 16.5. The summed E-state index contributed by atoms with van der Waals surface area (Å²) in [6.45, 7) is 1.76. The van der Waals surface area contributed by atoms with E-state index in [0.717, 1.165) is 32.0 Å². The SMILES string of the molecule is FC(F)(F)c1ccccc1COc1cnn(C2CCNCC2)c1. The van der Waals surface area contributed by atoms with Gasteiger partial charge in [0.15, 0.2) is 5.75 Å². The molecule has 0 saturated carbocycles. The minimum absolute atomic E-state index is 0.120. The number of halogens is 3. The number of rotatable bonds is 4. The van der Waals surface area contributed by atoms with Gasteiger partial charge in [-0.05, 0) is 32.0 Å². The third-order valence-corrected chi connectivity index (χ3v) is 3.98. The zero-order valence-electron chi connectivity index (χ0n) is 12.5. The molecular formula is C16H18F3N3O. The van der Waals surface area contributed by atoms with Gasteiger partial charge in [0.1, 0.15) is 6.61 Å². The van der Waals surface area contributed by atoms with Crippen LogP contribution in [0.4, 0.5) is 13.2 Å². The summed E-state index contributed by atoms with van der Waals surface area (Å²) in [6, 6.07) is 5.77. The summed E-state index contributed by atoms with van der Waals surface area (Å²) in [5.41, 5.74) is -0.541. The van der Waals surface area contributed by atoms with Crippen LogP contribution in [0.25, 0.3) is 0 Å². The number of aromatic nitrogens is 2. The van der Waals surface area contributed by atoms with Crippen LogP contribution in [-0.4, -0.2) is 22.9 Å². The largest absolute Gasteiger partial charge is 0.486 e. The molecule has 1 N–H and O–H groups in total. The predicted octanol–water partition coefficient (Wildman–Crippen LogP) is 3.41. The number of alkyl halides is 3. The lowest BCUT2D eigenvalue weighted by Gasteiger charge is -2.22. The van der Waals surface area contributed by atoms with E-state index in [2.05, 4.69) is 10.4 Å². The molecule has 0 spiro atoms. The maximum atomic E-state index is 12.9. The van der Waals surface area contributed by atoms with Crippen LogP contribution >= 0.6 is 0 Å². The number of nitrogens with one attached hydrogen (secondary N) is 1. The van der Waals surface area contributed by atoms with E-state index in [4.69, 9.17) is 4.74 Å². The Bertz CT molecular complexity index is 648. The van der Waals surface area contributed by atoms with Crippen molar-refractivity contribution in [2.45, 2.75) is 31.7 Å². The Morgan fingerprint density at radius 1 is 1.22 bits per heavy atom. The predicted molar refractivity (Wildman–Crippen MR) is 79.1 cm³/mol. The zero-order chi connectivity index (χ0) is 16.3. The van der Waals surface area contributed by atoms with E-state index in [1.54, 1.807) is 18.5 Å². The number of hydrogen-bond acceptors (Lipinski definition) is 3. The second-order valence-electron chi connectivity index (χ2n) is 5.58. The molecule has 0 bridgehead atoms. The zero-order valence-corrected chi connectivity index (χ0v) is 12.5. The fraction of sp³-hybridized carbons (Fsp3) is 0.438. The number of piperidine rings is 1. The molecule has 0 unspecified atom stereocenters. The Kier molecular flexibility index (Phi) is 4.56. The fourth-order valence-corrected chi connectivity index (χ4v) is 2.75. The minimum Gasteiger partial charge on any atom is -0.486 e. The van der Waals surface area contributed by atoms with Crippen LogP contribution in [0.15, 0.2) is 36.7 Å². The molecule has 0 radical (unpaired) electrons. The second kappa shape index (κ2) is 6.62. The quantitative estimate of drug-likeness (QED) is 0.936. The Hall–Kier alpha value is -2.02. The van der Waals surface area contributed by atoms with Gasteiger partial charge < -0.3 is 10.1 Å². The Balaban J connectivity index is 1.66. The highest BCUT2D eigenvalue weighted by Gasteiger charge is 2.33. The van der Waals surface area contributed by atoms with Crippen LogP contribution in [0, 0.1) is 0 Å². The molecule has 124 valence electrons. The van der Waals surface area contributed by atoms with Crippen LogP contribution in [-0.2, 0) is 12.8 Å². The maximum Gasteiger partial charge on any atom is 0.416 e. The number of ether oxygens (including phenoxy) is 1. The van der Waals surface area contributed by atoms with Crippen LogP contribution in [0.5, 0.6) is 5.75 Å². The lowest BCUT2D eigenvalue weighted by molar-refractivity contribution is -0.138. The highest BCUT2D eigenvalue weighted by molar-refractivity contribution is 5.29. The van der Waals surface area contributed by atoms with Crippen molar-refractivity contribution in [2.24, 2.45) is 0 Å². The molecule has 1 aromatic carbocycles. The van der Waals surface area contributed by atoms with Crippen LogP contribution < -0.4 is 10.1 Å². The number of nitrogens with zero attached hydrogens (tertiary/aromatic N) is 2. The molecule has 2 heterocycles. The molecule has 1 saturated heterocycles. The Morgan fingerprint density at radius 2 is 1.96 bits per heavy atom. The average Bonchev–Trinajstić information content (AvgIpc) is 3.02. The maximum absolute atomic E-state index is 12.9. The molecule has 1 aromatic heterocycles. The highest BCUT2D eigenvalue weighted by Crippen LogP contribution is 2.32. The molecule has 2 aromatic rings. The summed E-state index contributed by atoms with van der Waals surface area (Å²) in [6.07, 6.45) is 0.902. The van der Waals surface area contributed by atoms with Crippen molar-refractivity contribution in [2.75, 3.05) is 13.1 Å². The summed E-state index contributed by atoms with van der Waals surface area (Å²) in [5.74, 6) is 0.487. The molecule has 1 aliphatic heterocycles. The third-order valence-electron chi connectivity index (χ3n) is 3.98. The van der Waals surface area contributed by atoms with E-state index in [1.807, 2.05) is 4.68 Å². The summed E-state index contributed by atoms with van der Waals surface area (Å²) in [7, 11) is 0. The first-order chi connectivity index (χ1) is 11.0. The lowest BCUT2D eigenvalue weighted by Crippen LogP contribution is -2.29. The van der Waals surface area contributed by atoms with Crippen molar-refractivity contribution < 1.29 is 17.9 Å². The van der Waals surface area contributed by atoms with Gasteiger partial charge in [0.05, 0.1) is 24.0 Å². The van der Waals surface area contributed by atoms with Gasteiger partial charge in [-0.15, -0.1) is 0 Å². The van der Waals surface area contributed by atoms with E-state index in [0.29, 0.717) is 11.8 Å². The van der Waals surface area contributed by atoms with Crippen molar-refractivity contribution in [3.63, 3.8) is 0 Å². The second-order valence-corrected chi connectivity index (χ2v) is 5.58. The number of benzene rings is 1. The van der Waals surface area contributed by atoms with Gasteiger partial charge in [-0.25, -0.2) is 0 Å². The van der Waals surface area contributed by atoms with Gasteiger partial charge in [0, 0.05) is 5.56 Å². The molecule has 1 aliphatic rings. The fourth-order valence-electron chi connectivity index (χ4n) is 2.75. The highest BCUT2D eigenvalue weighted by atomic mass is 19.4. The van der Waals surface area contributed by atoms with Crippen molar-refractivity contribution in [1.82, 2.24) is 15.1 Å². The summed E-state index contributed by atoms with van der Waals surface area (Å²) in [5, 5.41) is 7.54. The molecule has 0 atom stereocenters. The van der Waals surface area contributed by atoms with Crippen molar-refractivity contribution in [1.29, 1.82) is 0 Å². The molecule has 7 heteroatoms. The van der Waals surface area contributed by atoms with Gasteiger partial charge in [-0.1, -0.05) is 18.2 Å². The van der Waals surface area contributed by atoms with Crippen LogP contribution in [0.3, 0.4) is 0 Å². The Morgan fingerprint density at radius 3 is 2.70 bits per heavy atom. The van der Waals surface area contributed by atoms with E-state index >= 15 is 0 Å². The van der Waals surface area contributed by atoms with Gasteiger partial charge in [-0.3, -0.25) is 4.68 Å². The van der Waals surface area contributed by atoms with Gasteiger partial charge in [-0.2, -0.15) is 18.3 Å². The minimum atomic E-state index is -4.38. The molecule has 4 nitrogen and oxygen atoms in total. The summed E-state index contributed by atoms with van der Waals surface area (Å²) >= 11 is 0. The molecule has 3 rings (SSSR count). The van der Waals surface area contributed by atoms with Crippen LogP contribution in [0.2, 0.25) is 0 Å². The standard InChI is InChI=1S/C16H18F3N3O/c17-16(18,19)15-4-2-1-3-12(15)11-23-14-9-21-22(10-14)13-5-7-20-8-6-13/h1-4,9-10,13,20H,5-8,11H2. The topological polar surface area (TPSA) is 39.1 Å². The summed E-state index contributed by atoms with van der Waals surface area (Å²) in [4.78, 5) is 0. The van der Waals surface area contributed by atoms with E-state index in [9.17, 15) is 13.2 Å². The lowest BCUT2D eigenvalue weighted by atomic mass is 10.1. The van der Waals surface area contributed by atoms with Gasteiger partial charge >= 0.3 is 6.18 Å². The first-order valence-electron chi connectivity index (χ1n) is 7.57. The third kappa shape index (κ3) is 3.85. The molecule has 0 aliphatic carbocycles. The van der Waals surface area contributed by atoms with Crippen molar-refractivity contribution in [3.05, 3.63) is 47.8 Å². The average molecular weight is 325 g/mol. The molecule has 23 heavy (non-hydrogen) atoms. The molecular weight excluding hydrogens is 307 g/mol.